The molecule has 1 rings (SSSR count). The van der Waals surface area contributed by atoms with Crippen molar-refractivity contribution in [1.82, 2.24) is 0 Å². The maximum absolute atomic E-state index is 10.7. The van der Waals surface area contributed by atoms with Crippen LogP contribution in [-0.4, -0.2) is 20.1 Å². The molecule has 0 aliphatic carbocycles. The minimum atomic E-state index is -4.17. The Kier molecular flexibility index (Phi) is 2.84. The maximum Gasteiger partial charge on any atom is 0.294 e. The van der Waals surface area contributed by atoms with Crippen molar-refractivity contribution in [2.24, 2.45) is 0 Å². The van der Waals surface area contributed by atoms with E-state index in [0.29, 0.717) is 10.6 Å². The average molecular weight is 220 g/mol. The van der Waals surface area contributed by atoms with Gasteiger partial charge in [0.1, 0.15) is 5.75 Å². The van der Waals surface area contributed by atoms with Gasteiger partial charge >= 0.3 is 0 Å². The number of hydrogen-bond donors (Lipinski definition) is 2. The van der Waals surface area contributed by atoms with E-state index < -0.39 is 10.1 Å². The van der Waals surface area contributed by atoms with Gasteiger partial charge in [-0.05, 0) is 12.1 Å². The van der Waals surface area contributed by atoms with Crippen LogP contribution in [0.2, 0.25) is 0 Å². The molecule has 0 bridgehead atoms. The highest BCUT2D eigenvalue weighted by Crippen LogP contribution is 2.25. The second-order valence-corrected chi connectivity index (χ2v) is 4.21. The Morgan fingerprint density at radius 3 is 2.54 bits per heavy atom. The molecule has 0 aromatic heterocycles. The molecular formula is C7H8O4S2. The van der Waals surface area contributed by atoms with E-state index in [1.807, 2.05) is 0 Å². The summed E-state index contributed by atoms with van der Waals surface area (Å²) in [4.78, 5) is 0.303. The molecule has 4 nitrogen and oxygen atoms in total. The van der Waals surface area contributed by atoms with Gasteiger partial charge in [-0.15, -0.1) is 12.6 Å². The van der Waals surface area contributed by atoms with Gasteiger partial charge < -0.3 is 4.74 Å². The van der Waals surface area contributed by atoms with Crippen molar-refractivity contribution in [3.63, 3.8) is 0 Å². The lowest BCUT2D eigenvalue weighted by Gasteiger charge is -2.04. The molecular weight excluding hydrogens is 212 g/mol. The normalized spacial score (nSPS) is 11.3. The lowest BCUT2D eigenvalue weighted by atomic mass is 10.3. The molecule has 13 heavy (non-hydrogen) atoms. The SMILES string of the molecule is COc1cc(S(=O)(=O)O)ccc1S. The third-order valence-electron chi connectivity index (χ3n) is 1.45. The second kappa shape index (κ2) is 3.57. The molecule has 0 radical (unpaired) electrons. The molecule has 0 atom stereocenters. The summed E-state index contributed by atoms with van der Waals surface area (Å²) in [5.74, 6) is 0.304. The fourth-order valence-electron chi connectivity index (χ4n) is 0.818. The molecule has 0 aliphatic rings. The third kappa shape index (κ3) is 2.36. The summed E-state index contributed by atoms with van der Waals surface area (Å²) < 4.78 is 34.9. The number of methoxy groups -OCH3 is 1. The first kappa shape index (κ1) is 10.4. The summed E-state index contributed by atoms with van der Waals surface area (Å²) in [6.45, 7) is 0. The molecule has 0 saturated heterocycles. The van der Waals surface area contributed by atoms with E-state index >= 15 is 0 Å². The van der Waals surface area contributed by atoms with Crippen LogP contribution in [0.25, 0.3) is 0 Å². The van der Waals surface area contributed by atoms with Crippen LogP contribution in [0.15, 0.2) is 28.0 Å². The first-order valence-corrected chi connectivity index (χ1v) is 5.18. The van der Waals surface area contributed by atoms with Crippen LogP contribution in [-0.2, 0) is 10.1 Å². The van der Waals surface area contributed by atoms with Gasteiger partial charge in [-0.2, -0.15) is 8.42 Å². The highest BCUT2D eigenvalue weighted by atomic mass is 32.2. The fraction of sp³-hybridized carbons (Fsp3) is 0.143. The van der Waals surface area contributed by atoms with Crippen molar-refractivity contribution in [2.75, 3.05) is 7.11 Å². The average Bonchev–Trinajstić information content (AvgIpc) is 2.03. The van der Waals surface area contributed by atoms with Crippen LogP contribution in [0.5, 0.6) is 5.75 Å². The van der Waals surface area contributed by atoms with E-state index in [1.165, 1.54) is 25.3 Å². The number of hydrogen-bond acceptors (Lipinski definition) is 4. The molecule has 1 aromatic carbocycles. The molecule has 0 spiro atoms. The molecule has 1 N–H and O–H groups in total. The Morgan fingerprint density at radius 2 is 2.08 bits per heavy atom. The zero-order chi connectivity index (χ0) is 10.1. The smallest absolute Gasteiger partial charge is 0.294 e. The minimum Gasteiger partial charge on any atom is -0.496 e. The Hall–Kier alpha value is -0.720. The van der Waals surface area contributed by atoms with Crippen LogP contribution in [0.4, 0.5) is 0 Å². The van der Waals surface area contributed by atoms with E-state index in [9.17, 15) is 8.42 Å². The van der Waals surface area contributed by atoms with E-state index in [-0.39, 0.29) is 4.90 Å². The number of thiol groups is 1. The van der Waals surface area contributed by atoms with Crippen LogP contribution in [0.3, 0.4) is 0 Å². The molecule has 6 heteroatoms. The van der Waals surface area contributed by atoms with E-state index in [1.54, 1.807) is 0 Å². The Labute approximate surface area is 81.7 Å². The second-order valence-electron chi connectivity index (χ2n) is 2.31. The largest absolute Gasteiger partial charge is 0.496 e. The third-order valence-corrected chi connectivity index (χ3v) is 2.67. The highest BCUT2D eigenvalue weighted by molar-refractivity contribution is 7.85. The topological polar surface area (TPSA) is 63.6 Å². The summed E-state index contributed by atoms with van der Waals surface area (Å²) in [5.41, 5.74) is 0. The van der Waals surface area contributed by atoms with Crippen molar-refractivity contribution in [2.45, 2.75) is 9.79 Å². The Bertz CT molecular complexity index is 411. The predicted molar refractivity (Wildman–Crippen MR) is 50.1 cm³/mol. The van der Waals surface area contributed by atoms with E-state index in [4.69, 9.17) is 9.29 Å². The lowest BCUT2D eigenvalue weighted by Crippen LogP contribution is -1.98. The first-order valence-electron chi connectivity index (χ1n) is 3.29. The van der Waals surface area contributed by atoms with E-state index in [2.05, 4.69) is 12.6 Å². The zero-order valence-electron chi connectivity index (χ0n) is 6.76. The quantitative estimate of drug-likeness (QED) is 0.581. The lowest BCUT2D eigenvalue weighted by molar-refractivity contribution is 0.402. The molecule has 0 unspecified atom stereocenters. The van der Waals surface area contributed by atoms with Crippen molar-refractivity contribution < 1.29 is 17.7 Å². The first-order chi connectivity index (χ1) is 5.95. The van der Waals surface area contributed by atoms with Gasteiger partial charge in [0, 0.05) is 11.0 Å². The Balaban J connectivity index is 3.30. The summed E-state index contributed by atoms with van der Waals surface area (Å²) >= 11 is 4.02. The van der Waals surface area contributed by atoms with Crippen LogP contribution >= 0.6 is 12.6 Å². The van der Waals surface area contributed by atoms with Crippen molar-refractivity contribution >= 4 is 22.7 Å². The highest BCUT2D eigenvalue weighted by Gasteiger charge is 2.11. The Morgan fingerprint density at radius 1 is 1.46 bits per heavy atom. The maximum atomic E-state index is 10.7. The predicted octanol–water partition coefficient (Wildman–Crippen LogP) is 1.23. The molecule has 0 fully saturated rings. The molecule has 0 aliphatic heterocycles. The van der Waals surface area contributed by atoms with Crippen LogP contribution < -0.4 is 4.74 Å². The summed E-state index contributed by atoms with van der Waals surface area (Å²) in [6, 6.07) is 3.89. The fourth-order valence-corrected chi connectivity index (χ4v) is 1.54. The molecule has 1 aromatic rings. The van der Waals surface area contributed by atoms with E-state index in [0.717, 1.165) is 0 Å². The van der Waals surface area contributed by atoms with Gasteiger partial charge in [0.15, 0.2) is 0 Å². The van der Waals surface area contributed by atoms with Gasteiger partial charge in [-0.3, -0.25) is 4.55 Å². The summed E-state index contributed by atoms with van der Waals surface area (Å²) in [7, 11) is -2.77. The molecule has 0 saturated carbocycles. The molecule has 72 valence electrons. The van der Waals surface area contributed by atoms with Crippen molar-refractivity contribution in [3.8, 4) is 5.75 Å². The van der Waals surface area contributed by atoms with Gasteiger partial charge in [0.2, 0.25) is 0 Å². The number of benzene rings is 1. The van der Waals surface area contributed by atoms with Crippen molar-refractivity contribution in [3.05, 3.63) is 18.2 Å². The summed E-state index contributed by atoms with van der Waals surface area (Å²) in [5, 5.41) is 0. The zero-order valence-corrected chi connectivity index (χ0v) is 8.47. The van der Waals surface area contributed by atoms with Gasteiger partial charge in [0.25, 0.3) is 10.1 Å². The van der Waals surface area contributed by atoms with Gasteiger partial charge in [-0.1, -0.05) is 0 Å². The van der Waals surface area contributed by atoms with Gasteiger partial charge in [-0.25, -0.2) is 0 Å². The minimum absolute atomic E-state index is 0.206. The number of rotatable bonds is 2. The monoisotopic (exact) mass is 220 g/mol. The molecule has 0 amide bonds. The summed E-state index contributed by atoms with van der Waals surface area (Å²) in [6.07, 6.45) is 0. The number of ether oxygens (including phenoxy) is 1. The van der Waals surface area contributed by atoms with Crippen LogP contribution in [0, 0.1) is 0 Å². The van der Waals surface area contributed by atoms with Crippen LogP contribution in [0.1, 0.15) is 0 Å². The van der Waals surface area contributed by atoms with Gasteiger partial charge in [0.05, 0.1) is 12.0 Å². The standard InChI is InChI=1S/C7H8O4S2/c1-11-6-4-5(13(8,9)10)2-3-7(6)12/h2-4,12H,1H3,(H,8,9,10). The molecule has 0 heterocycles. The van der Waals surface area contributed by atoms with Crippen molar-refractivity contribution in [1.29, 1.82) is 0 Å².